The number of ether oxygens (including phenoxy) is 1. The molecule has 0 radical (unpaired) electrons. The number of carbonyl (C=O) groups excluding carboxylic acids is 2. The van der Waals surface area contributed by atoms with Crippen molar-refractivity contribution in [1.29, 1.82) is 0 Å². The van der Waals surface area contributed by atoms with Crippen LogP contribution >= 0.6 is 0 Å². The fourth-order valence-electron chi connectivity index (χ4n) is 1.63. The number of likely N-dealkylation sites (tertiary alicyclic amines) is 1. The van der Waals surface area contributed by atoms with Gasteiger partial charge in [-0.25, -0.2) is 4.79 Å². The van der Waals surface area contributed by atoms with Crippen LogP contribution in [0, 0.1) is 5.92 Å². The molecule has 0 aromatic heterocycles. The third-order valence-electron chi connectivity index (χ3n) is 2.54. The van der Waals surface area contributed by atoms with Gasteiger partial charge in [0.1, 0.15) is 0 Å². The van der Waals surface area contributed by atoms with Gasteiger partial charge in [-0.3, -0.25) is 15.0 Å². The highest BCUT2D eigenvalue weighted by Gasteiger charge is 2.27. The highest BCUT2D eigenvalue weighted by atomic mass is 16.5. The van der Waals surface area contributed by atoms with Crippen molar-refractivity contribution in [3.05, 3.63) is 0 Å². The molecule has 0 aliphatic carbocycles. The molecule has 3 N–H and O–H groups in total. The molecule has 86 valence electrons. The minimum atomic E-state index is -0.725. The average Bonchev–Trinajstić information content (AvgIpc) is 2.45. The number of hydrogen-bond acceptors (Lipinski definition) is 5. The van der Waals surface area contributed by atoms with Crippen molar-refractivity contribution in [3.8, 4) is 0 Å². The first-order valence-electron chi connectivity index (χ1n) is 4.88. The Kier molecular flexibility index (Phi) is 4.05. The van der Waals surface area contributed by atoms with Gasteiger partial charge in [-0.15, -0.1) is 0 Å². The van der Waals surface area contributed by atoms with Gasteiger partial charge in [0, 0.05) is 19.1 Å². The van der Waals surface area contributed by atoms with Gasteiger partial charge in [-0.2, -0.15) is 0 Å². The fourth-order valence-corrected chi connectivity index (χ4v) is 1.63. The predicted molar refractivity (Wildman–Crippen MR) is 54.1 cm³/mol. The molecule has 0 bridgehead atoms. The number of amides is 2. The second-order valence-electron chi connectivity index (χ2n) is 3.87. The van der Waals surface area contributed by atoms with Crippen molar-refractivity contribution in [2.24, 2.45) is 11.7 Å². The third-order valence-corrected chi connectivity index (χ3v) is 2.54. The molecule has 0 aromatic rings. The highest BCUT2D eigenvalue weighted by Crippen LogP contribution is 2.13. The number of hydrogen-bond donors (Lipinski definition) is 2. The van der Waals surface area contributed by atoms with Crippen LogP contribution < -0.4 is 11.1 Å². The Morgan fingerprint density at radius 3 is 2.67 bits per heavy atom. The van der Waals surface area contributed by atoms with Crippen molar-refractivity contribution in [1.82, 2.24) is 10.2 Å². The number of imide groups is 1. The summed E-state index contributed by atoms with van der Waals surface area (Å²) < 4.78 is 4.31. The summed E-state index contributed by atoms with van der Waals surface area (Å²) in [4.78, 5) is 23.9. The van der Waals surface area contributed by atoms with Crippen molar-refractivity contribution in [3.63, 3.8) is 0 Å². The van der Waals surface area contributed by atoms with E-state index >= 15 is 0 Å². The average molecular weight is 215 g/mol. The lowest BCUT2D eigenvalue weighted by Crippen LogP contribution is -2.39. The number of nitrogens with zero attached hydrogens (tertiary/aromatic N) is 1. The van der Waals surface area contributed by atoms with E-state index in [4.69, 9.17) is 5.73 Å². The van der Waals surface area contributed by atoms with Crippen molar-refractivity contribution >= 4 is 12.0 Å². The molecule has 6 nitrogen and oxygen atoms in total. The molecule has 1 saturated heterocycles. The van der Waals surface area contributed by atoms with Crippen LogP contribution in [0.2, 0.25) is 0 Å². The van der Waals surface area contributed by atoms with E-state index in [1.807, 2.05) is 11.8 Å². The summed E-state index contributed by atoms with van der Waals surface area (Å²) in [7, 11) is 1.22. The van der Waals surface area contributed by atoms with Crippen LogP contribution in [0.1, 0.15) is 6.92 Å². The second kappa shape index (κ2) is 5.09. The van der Waals surface area contributed by atoms with Crippen LogP contribution in [0.3, 0.4) is 0 Å². The summed E-state index contributed by atoms with van der Waals surface area (Å²) in [5, 5.41) is 2.10. The first-order chi connectivity index (χ1) is 7.02. The van der Waals surface area contributed by atoms with Gasteiger partial charge < -0.3 is 10.5 Å². The van der Waals surface area contributed by atoms with Gasteiger partial charge in [-0.1, -0.05) is 6.92 Å². The molecule has 15 heavy (non-hydrogen) atoms. The first-order valence-corrected chi connectivity index (χ1v) is 4.88. The van der Waals surface area contributed by atoms with Crippen LogP contribution in [0.5, 0.6) is 0 Å². The number of alkyl carbamates (subject to hydrolysis) is 1. The number of carbonyl (C=O) groups is 2. The molecule has 0 spiro atoms. The number of rotatable bonds is 2. The van der Waals surface area contributed by atoms with E-state index in [2.05, 4.69) is 10.1 Å². The van der Waals surface area contributed by atoms with E-state index in [-0.39, 0.29) is 18.5 Å². The van der Waals surface area contributed by atoms with Gasteiger partial charge in [-0.05, 0) is 5.92 Å². The molecule has 2 atom stereocenters. The molecule has 6 heteroatoms. The molecule has 1 fully saturated rings. The Morgan fingerprint density at radius 2 is 2.20 bits per heavy atom. The van der Waals surface area contributed by atoms with Crippen molar-refractivity contribution in [2.45, 2.75) is 13.0 Å². The van der Waals surface area contributed by atoms with Crippen LogP contribution in [-0.4, -0.2) is 49.7 Å². The Morgan fingerprint density at radius 1 is 1.53 bits per heavy atom. The molecule has 0 aromatic carbocycles. The van der Waals surface area contributed by atoms with Gasteiger partial charge >= 0.3 is 6.09 Å². The second-order valence-corrected chi connectivity index (χ2v) is 3.87. The standard InChI is InChI=1S/C9H17N3O3/c1-6-3-12(4-7(6)10)5-8(13)11-9(14)15-2/h6-7H,3-5,10H2,1-2H3,(H,11,13,14). The van der Waals surface area contributed by atoms with E-state index in [0.29, 0.717) is 12.5 Å². The van der Waals surface area contributed by atoms with Gasteiger partial charge in [0.25, 0.3) is 0 Å². The largest absolute Gasteiger partial charge is 0.453 e. The summed E-state index contributed by atoms with van der Waals surface area (Å²) in [6.07, 6.45) is -0.725. The quantitative estimate of drug-likeness (QED) is 0.626. The molecule has 0 saturated carbocycles. The Labute approximate surface area is 88.7 Å². The maximum atomic E-state index is 11.3. The predicted octanol–water partition coefficient (Wildman–Crippen LogP) is -0.852. The molecule has 1 heterocycles. The zero-order valence-electron chi connectivity index (χ0n) is 9.03. The highest BCUT2D eigenvalue weighted by molar-refractivity contribution is 5.92. The SMILES string of the molecule is COC(=O)NC(=O)CN1CC(C)C(N)C1. The maximum Gasteiger partial charge on any atom is 0.413 e. The lowest BCUT2D eigenvalue weighted by molar-refractivity contribution is -0.121. The number of nitrogens with two attached hydrogens (primary N) is 1. The molecule has 2 unspecified atom stereocenters. The number of methoxy groups -OCH3 is 1. The Balaban J connectivity index is 2.30. The maximum absolute atomic E-state index is 11.3. The van der Waals surface area contributed by atoms with Crippen LogP contribution in [0.15, 0.2) is 0 Å². The summed E-state index contributed by atoms with van der Waals surface area (Å²) in [5.41, 5.74) is 5.81. The first kappa shape index (κ1) is 11.9. The van der Waals surface area contributed by atoms with Crippen LogP contribution in [0.25, 0.3) is 0 Å². The van der Waals surface area contributed by atoms with Gasteiger partial charge in [0.2, 0.25) is 5.91 Å². The minimum Gasteiger partial charge on any atom is -0.453 e. The van der Waals surface area contributed by atoms with E-state index in [0.717, 1.165) is 6.54 Å². The molecule has 2 amide bonds. The molecule has 1 rings (SSSR count). The monoisotopic (exact) mass is 215 g/mol. The lowest BCUT2D eigenvalue weighted by atomic mass is 10.1. The Bertz CT molecular complexity index is 247. The van der Waals surface area contributed by atoms with E-state index < -0.39 is 6.09 Å². The van der Waals surface area contributed by atoms with Crippen molar-refractivity contribution in [2.75, 3.05) is 26.7 Å². The van der Waals surface area contributed by atoms with Gasteiger partial charge in [0.05, 0.1) is 13.7 Å². The van der Waals surface area contributed by atoms with E-state index in [1.54, 1.807) is 0 Å². The molecule has 1 aliphatic rings. The van der Waals surface area contributed by atoms with Gasteiger partial charge in [0.15, 0.2) is 0 Å². The zero-order valence-corrected chi connectivity index (χ0v) is 9.03. The summed E-state index contributed by atoms with van der Waals surface area (Å²) in [6.45, 7) is 3.71. The van der Waals surface area contributed by atoms with Crippen molar-refractivity contribution < 1.29 is 14.3 Å². The minimum absolute atomic E-state index is 0.107. The van der Waals surface area contributed by atoms with E-state index in [9.17, 15) is 9.59 Å². The topological polar surface area (TPSA) is 84.7 Å². The molecule has 1 aliphatic heterocycles. The summed E-state index contributed by atoms with van der Waals surface area (Å²) >= 11 is 0. The van der Waals surface area contributed by atoms with Crippen LogP contribution in [0.4, 0.5) is 4.79 Å². The Hall–Kier alpha value is -1.14. The smallest absolute Gasteiger partial charge is 0.413 e. The lowest BCUT2D eigenvalue weighted by Gasteiger charge is -2.13. The summed E-state index contributed by atoms with van der Waals surface area (Å²) in [6, 6.07) is 0.107. The number of nitrogens with one attached hydrogen (secondary N) is 1. The molecular formula is C9H17N3O3. The molecular weight excluding hydrogens is 198 g/mol. The fraction of sp³-hybridized carbons (Fsp3) is 0.778. The zero-order chi connectivity index (χ0) is 11.4. The summed E-state index contributed by atoms with van der Waals surface area (Å²) in [5.74, 6) is 0.0269. The van der Waals surface area contributed by atoms with Crippen LogP contribution in [-0.2, 0) is 9.53 Å². The third kappa shape index (κ3) is 3.49. The normalized spacial score (nSPS) is 26.3. The van der Waals surface area contributed by atoms with E-state index in [1.165, 1.54) is 7.11 Å².